The fourth-order valence-electron chi connectivity index (χ4n) is 5.17. The standard InChI is InChI=1S/C35H29ClN4O9/c1-2-45-35(44)39-26-18-24(36)27-30(38-26)40(20-37-27)31-29(49-34(43)23-16-10-5-11-17-23)28(48-33(42)22-14-8-4-9-15-22)25(47-31)19-46-32(41)21-12-6-3-7-13-21/h3-18,20,25,28-29,31H,2,19H2,1H3,(H,38,39,44)/t25-,28-,29-,31-/m1/s1. The van der Waals surface area contributed by atoms with Gasteiger partial charge in [0.1, 0.15) is 24.0 Å². The Morgan fingerprint density at radius 1 is 0.796 bits per heavy atom. The largest absolute Gasteiger partial charge is 0.459 e. The Labute approximate surface area is 284 Å². The van der Waals surface area contributed by atoms with Crippen molar-refractivity contribution >= 4 is 52.6 Å². The van der Waals surface area contributed by atoms with Crippen molar-refractivity contribution in [1.29, 1.82) is 0 Å². The van der Waals surface area contributed by atoms with Crippen molar-refractivity contribution in [3.63, 3.8) is 0 Å². The fraction of sp³-hybridized carbons (Fsp3) is 0.200. The molecule has 3 heterocycles. The predicted molar refractivity (Wildman–Crippen MR) is 175 cm³/mol. The monoisotopic (exact) mass is 684 g/mol. The van der Waals surface area contributed by atoms with Crippen LogP contribution in [0.3, 0.4) is 0 Å². The lowest BCUT2D eigenvalue weighted by Gasteiger charge is -2.25. The summed E-state index contributed by atoms with van der Waals surface area (Å²) in [6.07, 6.45) is -4.36. The molecule has 0 saturated carbocycles. The second-order valence-electron chi connectivity index (χ2n) is 10.7. The van der Waals surface area contributed by atoms with Gasteiger partial charge in [-0.05, 0) is 43.3 Å². The van der Waals surface area contributed by atoms with E-state index in [0.717, 1.165) is 0 Å². The van der Waals surface area contributed by atoms with Gasteiger partial charge < -0.3 is 23.7 Å². The van der Waals surface area contributed by atoms with Crippen molar-refractivity contribution in [1.82, 2.24) is 14.5 Å². The number of imidazole rings is 1. The topological polar surface area (TPSA) is 157 Å². The van der Waals surface area contributed by atoms with E-state index >= 15 is 0 Å². The number of amides is 1. The van der Waals surface area contributed by atoms with Crippen molar-refractivity contribution in [3.05, 3.63) is 125 Å². The molecule has 0 bridgehead atoms. The first-order chi connectivity index (χ1) is 23.8. The summed E-state index contributed by atoms with van der Waals surface area (Å²) in [5, 5.41) is 2.65. The van der Waals surface area contributed by atoms with Crippen molar-refractivity contribution < 1.29 is 42.9 Å². The van der Waals surface area contributed by atoms with Crippen LogP contribution in [0.2, 0.25) is 5.02 Å². The van der Waals surface area contributed by atoms with Gasteiger partial charge in [0.15, 0.2) is 24.1 Å². The number of benzene rings is 3. The first-order valence-electron chi connectivity index (χ1n) is 15.2. The molecule has 1 aliphatic rings. The maximum atomic E-state index is 13.5. The zero-order valence-corrected chi connectivity index (χ0v) is 26.7. The molecule has 3 aromatic carbocycles. The first-order valence-corrected chi connectivity index (χ1v) is 15.6. The molecule has 0 spiro atoms. The van der Waals surface area contributed by atoms with Crippen molar-refractivity contribution in [3.8, 4) is 0 Å². The molecule has 1 N–H and O–H groups in total. The summed E-state index contributed by atoms with van der Waals surface area (Å²) < 4.78 is 30.4. The third kappa shape index (κ3) is 7.53. The van der Waals surface area contributed by atoms with Gasteiger partial charge in [0.25, 0.3) is 0 Å². The Hall–Kier alpha value is -5.79. The summed E-state index contributed by atoms with van der Waals surface area (Å²) >= 11 is 6.52. The Morgan fingerprint density at radius 2 is 1.35 bits per heavy atom. The van der Waals surface area contributed by atoms with Gasteiger partial charge >= 0.3 is 24.0 Å². The summed E-state index contributed by atoms with van der Waals surface area (Å²) in [4.78, 5) is 60.9. The molecule has 14 heteroatoms. The minimum Gasteiger partial charge on any atom is -0.459 e. The number of aromatic nitrogens is 3. The van der Waals surface area contributed by atoms with Crippen LogP contribution in [0.1, 0.15) is 44.2 Å². The molecule has 0 unspecified atom stereocenters. The highest BCUT2D eigenvalue weighted by atomic mass is 35.5. The van der Waals surface area contributed by atoms with Crippen LogP contribution in [-0.4, -0.2) is 70.1 Å². The highest BCUT2D eigenvalue weighted by Crippen LogP contribution is 2.38. The van der Waals surface area contributed by atoms with Gasteiger partial charge in [-0.3, -0.25) is 9.88 Å². The van der Waals surface area contributed by atoms with E-state index in [2.05, 4.69) is 15.3 Å². The van der Waals surface area contributed by atoms with E-state index in [9.17, 15) is 19.2 Å². The highest BCUT2D eigenvalue weighted by Gasteiger charge is 2.52. The van der Waals surface area contributed by atoms with Crippen LogP contribution >= 0.6 is 11.6 Å². The van der Waals surface area contributed by atoms with E-state index in [1.165, 1.54) is 17.0 Å². The lowest BCUT2D eigenvalue weighted by molar-refractivity contribution is -0.0606. The van der Waals surface area contributed by atoms with E-state index < -0.39 is 48.5 Å². The number of carbonyl (C=O) groups is 4. The number of halogens is 1. The van der Waals surface area contributed by atoms with E-state index in [-0.39, 0.29) is 46.3 Å². The number of nitrogens with zero attached hydrogens (tertiary/aromatic N) is 3. The van der Waals surface area contributed by atoms with Gasteiger partial charge in [-0.25, -0.2) is 29.1 Å². The molecular weight excluding hydrogens is 656 g/mol. The number of ether oxygens (including phenoxy) is 5. The predicted octanol–water partition coefficient (Wildman–Crippen LogP) is 5.86. The molecule has 1 fully saturated rings. The molecule has 5 aromatic rings. The smallest absolute Gasteiger partial charge is 0.412 e. The normalized spacial score (nSPS) is 18.4. The van der Waals surface area contributed by atoms with Crippen molar-refractivity contribution in [2.75, 3.05) is 18.5 Å². The number of rotatable bonds is 10. The highest BCUT2D eigenvalue weighted by molar-refractivity contribution is 6.35. The van der Waals surface area contributed by atoms with Crippen LogP contribution in [0.4, 0.5) is 10.6 Å². The average Bonchev–Trinajstić information content (AvgIpc) is 3.69. The quantitative estimate of drug-likeness (QED) is 0.139. The van der Waals surface area contributed by atoms with Crippen LogP contribution in [0.5, 0.6) is 0 Å². The molecule has 0 radical (unpaired) electrons. The van der Waals surface area contributed by atoms with E-state index in [1.807, 2.05) is 0 Å². The SMILES string of the molecule is CCOC(=O)Nc1cc(Cl)c2ncn([C@@H]3O[C@H](COC(=O)c4ccccc4)[C@@H](OC(=O)c4ccccc4)[C@H]3OC(=O)c3ccccc3)c2n1. The Balaban J connectivity index is 1.40. The molecule has 1 saturated heterocycles. The molecule has 2 aromatic heterocycles. The van der Waals surface area contributed by atoms with Gasteiger partial charge in [-0.15, -0.1) is 0 Å². The molecule has 4 atom stereocenters. The zero-order chi connectivity index (χ0) is 34.3. The minimum absolute atomic E-state index is 0.0499. The molecule has 49 heavy (non-hydrogen) atoms. The summed E-state index contributed by atoms with van der Waals surface area (Å²) in [7, 11) is 0. The molecular formula is C35H29ClN4O9. The van der Waals surface area contributed by atoms with Gasteiger partial charge in [-0.1, -0.05) is 66.2 Å². The fourth-order valence-corrected chi connectivity index (χ4v) is 5.41. The molecule has 13 nitrogen and oxygen atoms in total. The summed E-state index contributed by atoms with van der Waals surface area (Å²) in [6, 6.07) is 26.2. The van der Waals surface area contributed by atoms with E-state index in [1.54, 1.807) is 97.9 Å². The number of fused-ring (bicyclic) bond motifs is 1. The lowest BCUT2D eigenvalue weighted by atomic mass is 10.1. The second kappa shape index (κ2) is 15.0. The van der Waals surface area contributed by atoms with Crippen LogP contribution in [0.15, 0.2) is 103 Å². The Kier molecular flexibility index (Phi) is 10.1. The molecule has 0 aliphatic carbocycles. The van der Waals surface area contributed by atoms with Gasteiger partial charge in [-0.2, -0.15) is 0 Å². The number of hydrogen-bond donors (Lipinski definition) is 1. The number of esters is 3. The lowest BCUT2D eigenvalue weighted by Crippen LogP contribution is -2.41. The number of carbonyl (C=O) groups excluding carboxylic acids is 4. The third-order valence-corrected chi connectivity index (χ3v) is 7.73. The van der Waals surface area contributed by atoms with Gasteiger partial charge in [0.05, 0.1) is 34.6 Å². The summed E-state index contributed by atoms with van der Waals surface area (Å²) in [6.45, 7) is 1.40. The molecule has 1 amide bonds. The zero-order valence-electron chi connectivity index (χ0n) is 25.9. The van der Waals surface area contributed by atoms with E-state index in [0.29, 0.717) is 5.56 Å². The van der Waals surface area contributed by atoms with Crippen molar-refractivity contribution in [2.45, 2.75) is 31.5 Å². The van der Waals surface area contributed by atoms with E-state index in [4.69, 9.17) is 35.3 Å². The number of nitrogens with one attached hydrogen (secondary N) is 1. The number of anilines is 1. The van der Waals surface area contributed by atoms with Crippen LogP contribution in [0, 0.1) is 0 Å². The number of pyridine rings is 1. The van der Waals surface area contributed by atoms with Crippen molar-refractivity contribution in [2.24, 2.45) is 0 Å². The van der Waals surface area contributed by atoms with Crippen LogP contribution < -0.4 is 5.32 Å². The van der Waals surface area contributed by atoms with Crippen LogP contribution in [-0.2, 0) is 23.7 Å². The molecule has 1 aliphatic heterocycles. The minimum atomic E-state index is -1.32. The Bertz CT molecular complexity index is 1960. The third-order valence-electron chi connectivity index (χ3n) is 7.44. The van der Waals surface area contributed by atoms with Crippen LogP contribution in [0.25, 0.3) is 11.2 Å². The first kappa shape index (κ1) is 33.1. The number of hydrogen-bond acceptors (Lipinski definition) is 11. The van der Waals surface area contributed by atoms with Gasteiger partial charge in [0.2, 0.25) is 0 Å². The summed E-state index contributed by atoms with van der Waals surface area (Å²) in [5.41, 5.74) is 1.13. The average molecular weight is 685 g/mol. The van der Waals surface area contributed by atoms with Gasteiger partial charge in [0, 0.05) is 6.07 Å². The summed E-state index contributed by atoms with van der Waals surface area (Å²) in [5.74, 6) is -2.06. The maximum Gasteiger partial charge on any atom is 0.412 e. The maximum absolute atomic E-state index is 13.5. The molecule has 6 rings (SSSR count). The Morgan fingerprint density at radius 3 is 1.92 bits per heavy atom. The molecule has 250 valence electrons. The second-order valence-corrected chi connectivity index (χ2v) is 11.1.